The second kappa shape index (κ2) is 7.25. The largest absolute Gasteiger partial charge is 0.480 e. The van der Waals surface area contributed by atoms with Crippen LogP contribution in [0.1, 0.15) is 47.4 Å². The van der Waals surface area contributed by atoms with Gasteiger partial charge >= 0.3 is 5.97 Å². The zero-order valence-electron chi connectivity index (χ0n) is 13.6. The Hall–Kier alpha value is -2.70. The van der Waals surface area contributed by atoms with Gasteiger partial charge in [0.1, 0.15) is 6.04 Å². The van der Waals surface area contributed by atoms with Gasteiger partial charge in [0, 0.05) is 13.0 Å². The fourth-order valence-electron chi connectivity index (χ4n) is 2.61. The maximum atomic E-state index is 12.2. The van der Waals surface area contributed by atoms with Gasteiger partial charge in [0.2, 0.25) is 5.91 Å². The second-order valence-corrected chi connectivity index (χ2v) is 6.15. The smallest absolute Gasteiger partial charge is 0.326 e. The average Bonchev–Trinajstić information content (AvgIpc) is 2.76. The first-order chi connectivity index (χ1) is 11.3. The molecule has 0 saturated carbocycles. The summed E-state index contributed by atoms with van der Waals surface area (Å²) in [6.07, 6.45) is 0.182. The van der Waals surface area contributed by atoms with Gasteiger partial charge in [-0.3, -0.25) is 19.3 Å². The van der Waals surface area contributed by atoms with E-state index in [0.717, 1.165) is 4.90 Å². The number of nitrogens with zero attached hydrogens (tertiary/aromatic N) is 1. The minimum absolute atomic E-state index is 0.0772. The molecule has 3 amide bonds. The van der Waals surface area contributed by atoms with E-state index in [-0.39, 0.29) is 18.9 Å². The molecule has 0 radical (unpaired) electrons. The average molecular weight is 332 g/mol. The number of hydrogen-bond acceptors (Lipinski definition) is 4. The van der Waals surface area contributed by atoms with E-state index in [4.69, 9.17) is 5.11 Å². The van der Waals surface area contributed by atoms with Crippen LogP contribution >= 0.6 is 0 Å². The van der Waals surface area contributed by atoms with Gasteiger partial charge in [-0.25, -0.2) is 4.79 Å². The van der Waals surface area contributed by atoms with E-state index < -0.39 is 29.7 Å². The zero-order valence-corrected chi connectivity index (χ0v) is 13.6. The first kappa shape index (κ1) is 17.7. The highest BCUT2D eigenvalue weighted by Gasteiger charge is 2.35. The molecule has 24 heavy (non-hydrogen) atoms. The number of carboxylic acids is 1. The van der Waals surface area contributed by atoms with Crippen LogP contribution in [0, 0.1) is 5.92 Å². The highest BCUT2D eigenvalue weighted by atomic mass is 16.4. The molecule has 2 rings (SSSR count). The van der Waals surface area contributed by atoms with Crippen LogP contribution in [0.25, 0.3) is 0 Å². The summed E-state index contributed by atoms with van der Waals surface area (Å²) in [6.45, 7) is 3.65. The standard InChI is InChI=1S/C17H20N2O5/c1-10(2)9-13(17(23)24)18-14(20)7-8-19-15(21)11-5-3-4-6-12(11)16(19)22/h3-6,10,13H,7-9H2,1-2H3,(H,18,20)(H,23,24)/t13-/m0/s1. The summed E-state index contributed by atoms with van der Waals surface area (Å²) in [5.74, 6) is -2.35. The Balaban J connectivity index is 1.94. The van der Waals surface area contributed by atoms with E-state index in [0.29, 0.717) is 17.5 Å². The topological polar surface area (TPSA) is 104 Å². The van der Waals surface area contributed by atoms with Gasteiger partial charge in [-0.2, -0.15) is 0 Å². The lowest BCUT2D eigenvalue weighted by atomic mass is 10.0. The van der Waals surface area contributed by atoms with Gasteiger partial charge < -0.3 is 10.4 Å². The molecule has 1 aromatic rings. The quantitative estimate of drug-likeness (QED) is 0.732. The molecule has 1 heterocycles. The molecule has 1 atom stereocenters. The van der Waals surface area contributed by atoms with Gasteiger partial charge in [-0.1, -0.05) is 26.0 Å². The van der Waals surface area contributed by atoms with Crippen molar-refractivity contribution < 1.29 is 24.3 Å². The summed E-state index contributed by atoms with van der Waals surface area (Å²) in [6, 6.07) is 5.50. The first-order valence-corrected chi connectivity index (χ1v) is 7.78. The molecular formula is C17H20N2O5. The van der Waals surface area contributed by atoms with Gasteiger partial charge in [-0.15, -0.1) is 0 Å². The summed E-state index contributed by atoms with van der Waals surface area (Å²) in [5.41, 5.74) is 0.650. The van der Waals surface area contributed by atoms with Crippen molar-refractivity contribution >= 4 is 23.7 Å². The Morgan fingerprint density at radius 3 is 2.12 bits per heavy atom. The van der Waals surface area contributed by atoms with Crippen LogP contribution in [0.2, 0.25) is 0 Å². The monoisotopic (exact) mass is 332 g/mol. The molecule has 1 aliphatic rings. The lowest BCUT2D eigenvalue weighted by Crippen LogP contribution is -2.43. The first-order valence-electron chi connectivity index (χ1n) is 7.78. The second-order valence-electron chi connectivity index (χ2n) is 6.15. The van der Waals surface area contributed by atoms with E-state index in [1.807, 2.05) is 13.8 Å². The van der Waals surface area contributed by atoms with E-state index in [1.165, 1.54) is 0 Å². The zero-order chi connectivity index (χ0) is 17.9. The SMILES string of the molecule is CC(C)C[C@H](NC(=O)CCN1C(=O)c2ccccc2C1=O)C(=O)O. The number of aliphatic carboxylic acids is 1. The summed E-state index contributed by atoms with van der Waals surface area (Å²) >= 11 is 0. The van der Waals surface area contributed by atoms with Crippen molar-refractivity contribution in [1.29, 1.82) is 0 Å². The Bertz CT molecular complexity index is 648. The lowest BCUT2D eigenvalue weighted by molar-refractivity contribution is -0.142. The number of nitrogens with one attached hydrogen (secondary N) is 1. The number of amides is 3. The number of hydrogen-bond donors (Lipinski definition) is 2. The van der Waals surface area contributed by atoms with Crippen LogP contribution in [-0.4, -0.2) is 46.3 Å². The molecular weight excluding hydrogens is 312 g/mol. The van der Waals surface area contributed by atoms with E-state index in [2.05, 4.69) is 5.32 Å². The fraction of sp³-hybridized carbons (Fsp3) is 0.412. The molecule has 0 spiro atoms. The molecule has 0 bridgehead atoms. The number of fused-ring (bicyclic) bond motifs is 1. The Labute approximate surface area is 139 Å². The number of carbonyl (C=O) groups excluding carboxylic acids is 3. The van der Waals surface area contributed by atoms with Crippen LogP contribution in [0.15, 0.2) is 24.3 Å². The molecule has 0 aromatic heterocycles. The van der Waals surface area contributed by atoms with Crippen molar-refractivity contribution in [1.82, 2.24) is 10.2 Å². The van der Waals surface area contributed by atoms with Gasteiger partial charge in [0.25, 0.3) is 11.8 Å². The molecule has 7 nitrogen and oxygen atoms in total. The van der Waals surface area contributed by atoms with Crippen LogP contribution in [-0.2, 0) is 9.59 Å². The third-order valence-electron chi connectivity index (χ3n) is 3.78. The number of carboxylic acid groups (broad SMARTS) is 1. The van der Waals surface area contributed by atoms with E-state index in [1.54, 1.807) is 24.3 Å². The van der Waals surface area contributed by atoms with Crippen LogP contribution in [0.5, 0.6) is 0 Å². The predicted molar refractivity (Wildman–Crippen MR) is 85.4 cm³/mol. The molecule has 0 fully saturated rings. The van der Waals surface area contributed by atoms with Crippen LogP contribution in [0.4, 0.5) is 0 Å². The summed E-state index contributed by atoms with van der Waals surface area (Å²) in [7, 11) is 0. The summed E-state index contributed by atoms with van der Waals surface area (Å²) in [4.78, 5) is 48.5. The van der Waals surface area contributed by atoms with Gasteiger partial charge in [0.15, 0.2) is 0 Å². The van der Waals surface area contributed by atoms with Crippen molar-refractivity contribution in [2.75, 3.05) is 6.54 Å². The Kier molecular flexibility index (Phi) is 5.33. The highest BCUT2D eigenvalue weighted by Crippen LogP contribution is 2.22. The molecule has 1 aromatic carbocycles. The number of rotatable bonds is 7. The third-order valence-corrected chi connectivity index (χ3v) is 3.78. The summed E-state index contributed by atoms with van der Waals surface area (Å²) in [5, 5.41) is 11.6. The molecule has 7 heteroatoms. The van der Waals surface area contributed by atoms with Gasteiger partial charge in [0.05, 0.1) is 11.1 Å². The molecule has 0 saturated heterocycles. The Morgan fingerprint density at radius 2 is 1.67 bits per heavy atom. The summed E-state index contributed by atoms with van der Waals surface area (Å²) < 4.78 is 0. The molecule has 0 aliphatic carbocycles. The molecule has 2 N–H and O–H groups in total. The molecule has 0 unspecified atom stereocenters. The van der Waals surface area contributed by atoms with Crippen molar-refractivity contribution in [2.24, 2.45) is 5.92 Å². The van der Waals surface area contributed by atoms with Crippen LogP contribution < -0.4 is 5.32 Å². The molecule has 128 valence electrons. The van der Waals surface area contributed by atoms with E-state index in [9.17, 15) is 19.2 Å². The minimum Gasteiger partial charge on any atom is -0.480 e. The maximum absolute atomic E-state index is 12.2. The molecule has 1 aliphatic heterocycles. The fourth-order valence-corrected chi connectivity index (χ4v) is 2.61. The number of carbonyl (C=O) groups is 4. The maximum Gasteiger partial charge on any atom is 0.326 e. The van der Waals surface area contributed by atoms with Crippen molar-refractivity contribution in [3.8, 4) is 0 Å². The lowest BCUT2D eigenvalue weighted by Gasteiger charge is -2.18. The van der Waals surface area contributed by atoms with Crippen molar-refractivity contribution in [3.63, 3.8) is 0 Å². The van der Waals surface area contributed by atoms with Crippen LogP contribution in [0.3, 0.4) is 0 Å². The third kappa shape index (κ3) is 3.79. The number of imide groups is 1. The minimum atomic E-state index is -1.10. The predicted octanol–water partition coefficient (Wildman–Crippen LogP) is 1.29. The van der Waals surface area contributed by atoms with Crippen molar-refractivity contribution in [2.45, 2.75) is 32.7 Å². The van der Waals surface area contributed by atoms with Crippen molar-refractivity contribution in [3.05, 3.63) is 35.4 Å². The highest BCUT2D eigenvalue weighted by molar-refractivity contribution is 6.21. The number of benzene rings is 1. The normalized spacial score (nSPS) is 14.7. The van der Waals surface area contributed by atoms with E-state index >= 15 is 0 Å². The van der Waals surface area contributed by atoms with Gasteiger partial charge in [-0.05, 0) is 24.5 Å². The Morgan fingerprint density at radius 1 is 1.12 bits per heavy atom.